The lowest BCUT2D eigenvalue weighted by Crippen LogP contribution is -2.15. The molecule has 2 aromatic rings. The van der Waals surface area contributed by atoms with Crippen molar-refractivity contribution in [2.45, 2.75) is 19.6 Å². The van der Waals surface area contributed by atoms with Gasteiger partial charge in [0, 0.05) is 19.8 Å². The van der Waals surface area contributed by atoms with Crippen molar-refractivity contribution in [2.24, 2.45) is 0 Å². The molecule has 0 radical (unpaired) electrons. The second-order valence-corrected chi connectivity index (χ2v) is 5.47. The number of benzene rings is 1. The second kappa shape index (κ2) is 6.04. The van der Waals surface area contributed by atoms with E-state index in [4.69, 9.17) is 4.74 Å². The predicted molar refractivity (Wildman–Crippen MR) is 77.8 cm³/mol. The van der Waals surface area contributed by atoms with Gasteiger partial charge in [-0.1, -0.05) is 23.5 Å². The van der Waals surface area contributed by atoms with Crippen LogP contribution in [0.15, 0.2) is 30.5 Å². The third-order valence-electron chi connectivity index (χ3n) is 2.83. The molecule has 0 saturated carbocycles. The Labute approximate surface area is 117 Å². The highest BCUT2D eigenvalue weighted by molar-refractivity contribution is 7.15. The van der Waals surface area contributed by atoms with Crippen LogP contribution in [0.2, 0.25) is 0 Å². The number of nitrogens with zero attached hydrogens (tertiary/aromatic N) is 2. The lowest BCUT2D eigenvalue weighted by molar-refractivity contribution is 0.203. The minimum absolute atomic E-state index is 0.458. The summed E-state index contributed by atoms with van der Waals surface area (Å²) in [5, 5.41) is 10.4. The van der Waals surface area contributed by atoms with Crippen LogP contribution in [0.1, 0.15) is 23.5 Å². The van der Waals surface area contributed by atoms with Gasteiger partial charge in [-0.2, -0.15) is 0 Å². The van der Waals surface area contributed by atoms with Gasteiger partial charge in [0.15, 0.2) is 5.13 Å². The average Bonchev–Trinajstić information content (AvgIpc) is 2.89. The maximum Gasteiger partial charge on any atom is 0.185 e. The summed E-state index contributed by atoms with van der Waals surface area (Å²) < 4.78 is 5.14. The first-order valence-corrected chi connectivity index (χ1v) is 6.89. The van der Waals surface area contributed by atoms with E-state index in [1.165, 1.54) is 16.9 Å². The summed E-state index contributed by atoms with van der Waals surface area (Å²) in [5.41, 5.74) is 1.19. The molecule has 0 saturated heterocycles. The maximum atomic E-state index is 9.50. The third-order valence-corrected chi connectivity index (χ3v) is 4.11. The van der Waals surface area contributed by atoms with Crippen molar-refractivity contribution < 1.29 is 9.84 Å². The van der Waals surface area contributed by atoms with Gasteiger partial charge >= 0.3 is 0 Å². The van der Waals surface area contributed by atoms with Gasteiger partial charge in [0.2, 0.25) is 0 Å². The minimum atomic E-state index is -0.458. The molecule has 4 nitrogen and oxygen atoms in total. The zero-order valence-electron chi connectivity index (χ0n) is 11.3. The van der Waals surface area contributed by atoms with Gasteiger partial charge in [0.1, 0.15) is 5.75 Å². The van der Waals surface area contributed by atoms with Gasteiger partial charge in [-0.25, -0.2) is 4.98 Å². The summed E-state index contributed by atoms with van der Waals surface area (Å²) in [6.07, 6.45) is 1.27. The van der Waals surface area contributed by atoms with Crippen molar-refractivity contribution in [3.05, 3.63) is 40.9 Å². The number of aliphatic hydroxyl groups is 1. The molecule has 0 spiro atoms. The van der Waals surface area contributed by atoms with E-state index >= 15 is 0 Å². The summed E-state index contributed by atoms with van der Waals surface area (Å²) in [6.45, 7) is 2.53. The van der Waals surface area contributed by atoms with E-state index in [0.29, 0.717) is 0 Å². The highest BCUT2D eigenvalue weighted by Gasteiger charge is 2.10. The van der Waals surface area contributed by atoms with Crippen LogP contribution < -0.4 is 9.64 Å². The number of methoxy groups -OCH3 is 1. The van der Waals surface area contributed by atoms with E-state index in [-0.39, 0.29) is 0 Å². The van der Waals surface area contributed by atoms with E-state index in [0.717, 1.165) is 22.3 Å². The van der Waals surface area contributed by atoms with E-state index < -0.39 is 6.10 Å². The molecule has 1 aromatic heterocycles. The lowest BCUT2D eigenvalue weighted by Gasteiger charge is -2.15. The molecule has 0 aliphatic rings. The lowest BCUT2D eigenvalue weighted by atomic mass is 10.2. The molecule has 2 rings (SSSR count). The molecule has 1 heterocycles. The Balaban J connectivity index is 2.04. The van der Waals surface area contributed by atoms with Crippen molar-refractivity contribution in [3.8, 4) is 5.75 Å². The van der Waals surface area contributed by atoms with Crippen LogP contribution in [0.3, 0.4) is 0 Å². The highest BCUT2D eigenvalue weighted by atomic mass is 32.1. The van der Waals surface area contributed by atoms with E-state index in [2.05, 4.69) is 9.88 Å². The van der Waals surface area contributed by atoms with Crippen LogP contribution in [-0.4, -0.2) is 24.2 Å². The van der Waals surface area contributed by atoms with Gasteiger partial charge < -0.3 is 14.7 Å². The molecule has 1 aromatic carbocycles. The third kappa shape index (κ3) is 3.45. The summed E-state index contributed by atoms with van der Waals surface area (Å²) in [5.74, 6) is 0.858. The second-order valence-electron chi connectivity index (χ2n) is 4.43. The zero-order valence-corrected chi connectivity index (χ0v) is 12.1. The van der Waals surface area contributed by atoms with Gasteiger partial charge in [0.25, 0.3) is 0 Å². The normalized spacial score (nSPS) is 12.2. The molecule has 1 unspecified atom stereocenters. The molecular weight excluding hydrogens is 260 g/mol. The molecule has 19 heavy (non-hydrogen) atoms. The van der Waals surface area contributed by atoms with Crippen LogP contribution in [0.5, 0.6) is 5.75 Å². The van der Waals surface area contributed by atoms with Crippen molar-refractivity contribution in [1.29, 1.82) is 0 Å². The Kier molecular flexibility index (Phi) is 4.39. The van der Waals surface area contributed by atoms with E-state index in [1.54, 1.807) is 20.2 Å². The van der Waals surface area contributed by atoms with Crippen molar-refractivity contribution >= 4 is 16.5 Å². The quantitative estimate of drug-likeness (QED) is 0.913. The van der Waals surface area contributed by atoms with Crippen LogP contribution in [0.25, 0.3) is 0 Å². The number of ether oxygens (including phenoxy) is 1. The van der Waals surface area contributed by atoms with Crippen LogP contribution >= 0.6 is 11.3 Å². The van der Waals surface area contributed by atoms with E-state index in [1.807, 2.05) is 31.3 Å². The van der Waals surface area contributed by atoms with Gasteiger partial charge in [-0.15, -0.1) is 0 Å². The molecule has 0 aliphatic carbocycles. The number of anilines is 1. The highest BCUT2D eigenvalue weighted by Crippen LogP contribution is 2.27. The molecule has 0 amide bonds. The summed E-state index contributed by atoms with van der Waals surface area (Å²) in [7, 11) is 3.66. The first kappa shape index (κ1) is 13.8. The van der Waals surface area contributed by atoms with Crippen LogP contribution in [-0.2, 0) is 6.54 Å². The topological polar surface area (TPSA) is 45.6 Å². The van der Waals surface area contributed by atoms with Crippen molar-refractivity contribution in [3.63, 3.8) is 0 Å². The Morgan fingerprint density at radius 1 is 1.37 bits per heavy atom. The van der Waals surface area contributed by atoms with Crippen LogP contribution in [0, 0.1) is 0 Å². The minimum Gasteiger partial charge on any atom is -0.497 e. The fourth-order valence-corrected chi connectivity index (χ4v) is 2.53. The summed E-state index contributed by atoms with van der Waals surface area (Å²) in [6, 6.07) is 7.98. The van der Waals surface area contributed by atoms with Gasteiger partial charge in [-0.3, -0.25) is 0 Å². The Morgan fingerprint density at radius 2 is 2.05 bits per heavy atom. The Hall–Kier alpha value is -1.59. The average molecular weight is 278 g/mol. The monoisotopic (exact) mass is 278 g/mol. The summed E-state index contributed by atoms with van der Waals surface area (Å²) >= 11 is 1.52. The number of hydrogen-bond donors (Lipinski definition) is 1. The first-order valence-electron chi connectivity index (χ1n) is 6.08. The maximum absolute atomic E-state index is 9.50. The van der Waals surface area contributed by atoms with E-state index in [9.17, 15) is 5.11 Å². The number of rotatable bonds is 5. The Morgan fingerprint density at radius 3 is 2.58 bits per heavy atom. The first-order chi connectivity index (χ1) is 9.10. The fourth-order valence-electron chi connectivity index (χ4n) is 1.72. The molecule has 1 N–H and O–H groups in total. The van der Waals surface area contributed by atoms with Crippen LogP contribution in [0.4, 0.5) is 5.13 Å². The number of hydrogen-bond acceptors (Lipinski definition) is 5. The molecule has 0 bridgehead atoms. The molecule has 5 heteroatoms. The van der Waals surface area contributed by atoms with Gasteiger partial charge in [-0.05, 0) is 24.6 Å². The summed E-state index contributed by atoms with van der Waals surface area (Å²) in [4.78, 5) is 7.28. The number of aromatic nitrogens is 1. The Bertz CT molecular complexity index is 522. The smallest absolute Gasteiger partial charge is 0.185 e. The number of thiazole rings is 1. The molecule has 1 atom stereocenters. The fraction of sp³-hybridized carbons (Fsp3) is 0.357. The zero-order chi connectivity index (χ0) is 13.8. The SMILES string of the molecule is COc1ccc(CN(C)c2ncc(C(C)O)s2)cc1. The predicted octanol–water partition coefficient (Wildman–Crippen LogP) is 2.84. The van der Waals surface area contributed by atoms with Gasteiger partial charge in [0.05, 0.1) is 18.1 Å². The molecular formula is C14H18N2O2S. The molecule has 102 valence electrons. The molecule has 0 fully saturated rings. The largest absolute Gasteiger partial charge is 0.497 e. The molecule has 0 aliphatic heterocycles. The standard InChI is InChI=1S/C14H18N2O2S/c1-10(17)13-8-15-14(19-13)16(2)9-11-4-6-12(18-3)7-5-11/h4-8,10,17H,9H2,1-3H3. The van der Waals surface area contributed by atoms with Crippen molar-refractivity contribution in [2.75, 3.05) is 19.1 Å². The van der Waals surface area contributed by atoms with Crippen molar-refractivity contribution in [1.82, 2.24) is 4.98 Å². The number of aliphatic hydroxyl groups excluding tert-OH is 1.